The van der Waals surface area contributed by atoms with E-state index in [9.17, 15) is 13.2 Å². The molecule has 2 rings (SSSR count). The zero-order valence-corrected chi connectivity index (χ0v) is 8.88. The molecule has 0 amide bonds. The van der Waals surface area contributed by atoms with Crippen molar-refractivity contribution in [3.63, 3.8) is 0 Å². The maximum atomic E-state index is 12.3. The fourth-order valence-corrected chi connectivity index (χ4v) is 1.52. The van der Waals surface area contributed by atoms with E-state index in [1.165, 1.54) is 6.07 Å². The van der Waals surface area contributed by atoms with Crippen LogP contribution in [0.2, 0.25) is 0 Å². The van der Waals surface area contributed by atoms with Gasteiger partial charge in [0, 0.05) is 18.3 Å². The van der Waals surface area contributed by atoms with Gasteiger partial charge in [-0.2, -0.15) is 13.2 Å². The van der Waals surface area contributed by atoms with Crippen LogP contribution in [0.4, 0.5) is 13.2 Å². The van der Waals surface area contributed by atoms with Gasteiger partial charge in [0.05, 0.1) is 11.3 Å². The van der Waals surface area contributed by atoms with E-state index in [1.807, 2.05) is 6.92 Å². The minimum Gasteiger partial charge on any atom is -0.306 e. The van der Waals surface area contributed by atoms with Gasteiger partial charge >= 0.3 is 6.18 Å². The highest BCUT2D eigenvalue weighted by Gasteiger charge is 2.31. The van der Waals surface area contributed by atoms with Crippen LogP contribution in [0.15, 0.2) is 18.3 Å². The molecule has 1 aliphatic rings. The van der Waals surface area contributed by atoms with Gasteiger partial charge in [0.15, 0.2) is 0 Å². The van der Waals surface area contributed by atoms with Crippen molar-refractivity contribution >= 4 is 0 Å². The molecule has 88 valence electrons. The summed E-state index contributed by atoms with van der Waals surface area (Å²) < 4.78 is 36.9. The molecule has 1 heterocycles. The molecule has 0 radical (unpaired) electrons. The smallest absolute Gasteiger partial charge is 0.306 e. The van der Waals surface area contributed by atoms with Crippen molar-refractivity contribution in [1.29, 1.82) is 0 Å². The van der Waals surface area contributed by atoms with Crippen LogP contribution < -0.4 is 5.32 Å². The van der Waals surface area contributed by atoms with Crippen LogP contribution in [0.1, 0.15) is 37.1 Å². The molecule has 1 aliphatic carbocycles. The molecule has 0 bridgehead atoms. The van der Waals surface area contributed by atoms with Crippen molar-refractivity contribution < 1.29 is 13.2 Å². The second-order valence-corrected chi connectivity index (χ2v) is 4.13. The summed E-state index contributed by atoms with van der Waals surface area (Å²) in [5.74, 6) is 0. The summed E-state index contributed by atoms with van der Waals surface area (Å²) in [6.45, 7) is 1.91. The summed E-state index contributed by atoms with van der Waals surface area (Å²) in [7, 11) is 0. The van der Waals surface area contributed by atoms with E-state index < -0.39 is 11.7 Å². The molecule has 0 aliphatic heterocycles. The number of nitrogens with one attached hydrogen (secondary N) is 1. The molecule has 1 aromatic rings. The average Bonchev–Trinajstić information content (AvgIpc) is 3.00. The van der Waals surface area contributed by atoms with Crippen LogP contribution in [-0.4, -0.2) is 11.0 Å². The Labute approximate surface area is 91.9 Å². The molecule has 1 fully saturated rings. The van der Waals surface area contributed by atoms with Crippen LogP contribution >= 0.6 is 0 Å². The Morgan fingerprint density at radius 1 is 1.38 bits per heavy atom. The second kappa shape index (κ2) is 4.05. The molecule has 1 aromatic heterocycles. The number of halogens is 3. The Balaban J connectivity index is 2.05. The monoisotopic (exact) mass is 230 g/mol. The third-order valence-electron chi connectivity index (χ3n) is 2.62. The molecule has 5 heteroatoms. The Morgan fingerprint density at radius 2 is 2.06 bits per heavy atom. The summed E-state index contributed by atoms with van der Waals surface area (Å²) >= 11 is 0. The molecule has 1 saturated carbocycles. The van der Waals surface area contributed by atoms with Crippen molar-refractivity contribution in [2.24, 2.45) is 0 Å². The second-order valence-electron chi connectivity index (χ2n) is 4.13. The Bertz CT molecular complexity index is 354. The highest BCUT2D eigenvalue weighted by Crippen LogP contribution is 2.29. The number of aromatic nitrogens is 1. The predicted octanol–water partition coefficient (Wildman–Crippen LogP) is 2.91. The fourth-order valence-electron chi connectivity index (χ4n) is 1.52. The van der Waals surface area contributed by atoms with Crippen LogP contribution in [0.25, 0.3) is 0 Å². The fraction of sp³-hybridized carbons (Fsp3) is 0.545. The van der Waals surface area contributed by atoms with Gasteiger partial charge in [-0.05, 0) is 31.9 Å². The molecule has 1 atom stereocenters. The molecule has 0 unspecified atom stereocenters. The summed E-state index contributed by atoms with van der Waals surface area (Å²) in [4.78, 5) is 3.84. The lowest BCUT2D eigenvalue weighted by molar-refractivity contribution is -0.137. The molecule has 0 saturated heterocycles. The standard InChI is InChI=1S/C11H13F3N2/c1-7(16-9-3-4-9)10-5-2-8(6-15-10)11(12,13)14/h2,5-7,9,16H,3-4H2,1H3/t7-/m1/s1. The molecule has 0 aromatic carbocycles. The first-order valence-corrected chi connectivity index (χ1v) is 5.26. The van der Waals surface area contributed by atoms with E-state index in [2.05, 4.69) is 10.3 Å². The van der Waals surface area contributed by atoms with Gasteiger partial charge in [-0.1, -0.05) is 0 Å². The number of alkyl halides is 3. The number of hydrogen-bond donors (Lipinski definition) is 1. The molecule has 2 nitrogen and oxygen atoms in total. The third-order valence-corrected chi connectivity index (χ3v) is 2.62. The first kappa shape index (κ1) is 11.4. The van der Waals surface area contributed by atoms with Crippen LogP contribution in [-0.2, 0) is 6.18 Å². The number of rotatable bonds is 3. The summed E-state index contributed by atoms with van der Waals surface area (Å²) in [5, 5.41) is 3.28. The van der Waals surface area contributed by atoms with Crippen molar-refractivity contribution in [2.75, 3.05) is 0 Å². The normalized spacial score (nSPS) is 18.5. The SMILES string of the molecule is C[C@@H](NC1CC1)c1ccc(C(F)(F)F)cn1. The first-order chi connectivity index (χ1) is 7.47. The Hall–Kier alpha value is -1.10. The zero-order valence-electron chi connectivity index (χ0n) is 8.88. The summed E-state index contributed by atoms with van der Waals surface area (Å²) in [6.07, 6.45) is -1.13. The highest BCUT2D eigenvalue weighted by molar-refractivity contribution is 5.18. The molecule has 1 N–H and O–H groups in total. The van der Waals surface area contributed by atoms with E-state index in [0.29, 0.717) is 11.7 Å². The molecule has 16 heavy (non-hydrogen) atoms. The van der Waals surface area contributed by atoms with Crippen molar-refractivity contribution in [1.82, 2.24) is 10.3 Å². The van der Waals surface area contributed by atoms with Crippen LogP contribution in [0.5, 0.6) is 0 Å². The zero-order chi connectivity index (χ0) is 11.8. The average molecular weight is 230 g/mol. The van der Waals surface area contributed by atoms with E-state index in [0.717, 1.165) is 25.1 Å². The highest BCUT2D eigenvalue weighted by atomic mass is 19.4. The van der Waals surface area contributed by atoms with Crippen molar-refractivity contribution in [3.8, 4) is 0 Å². The number of hydrogen-bond acceptors (Lipinski definition) is 2. The van der Waals surface area contributed by atoms with Gasteiger partial charge in [0.25, 0.3) is 0 Å². The molecular weight excluding hydrogens is 217 g/mol. The third kappa shape index (κ3) is 2.72. The Kier molecular flexibility index (Phi) is 2.88. The topological polar surface area (TPSA) is 24.9 Å². The van der Waals surface area contributed by atoms with Gasteiger partial charge < -0.3 is 5.32 Å². The van der Waals surface area contributed by atoms with E-state index >= 15 is 0 Å². The van der Waals surface area contributed by atoms with Crippen molar-refractivity contribution in [2.45, 2.75) is 38.0 Å². The largest absolute Gasteiger partial charge is 0.417 e. The Morgan fingerprint density at radius 3 is 2.50 bits per heavy atom. The van der Waals surface area contributed by atoms with E-state index in [-0.39, 0.29) is 6.04 Å². The number of pyridine rings is 1. The van der Waals surface area contributed by atoms with E-state index in [1.54, 1.807) is 0 Å². The van der Waals surface area contributed by atoms with Gasteiger partial charge in [0.2, 0.25) is 0 Å². The van der Waals surface area contributed by atoms with Crippen LogP contribution in [0.3, 0.4) is 0 Å². The quantitative estimate of drug-likeness (QED) is 0.863. The van der Waals surface area contributed by atoms with Gasteiger partial charge in [0.1, 0.15) is 0 Å². The van der Waals surface area contributed by atoms with E-state index in [4.69, 9.17) is 0 Å². The van der Waals surface area contributed by atoms with Gasteiger partial charge in [-0.15, -0.1) is 0 Å². The minimum atomic E-state index is -4.31. The van der Waals surface area contributed by atoms with Crippen molar-refractivity contribution in [3.05, 3.63) is 29.6 Å². The van der Waals surface area contributed by atoms with Gasteiger partial charge in [-0.25, -0.2) is 0 Å². The lowest BCUT2D eigenvalue weighted by Gasteiger charge is -2.13. The molecule has 0 spiro atoms. The number of nitrogens with zero attached hydrogens (tertiary/aromatic N) is 1. The maximum absolute atomic E-state index is 12.3. The van der Waals surface area contributed by atoms with Crippen LogP contribution in [0, 0.1) is 0 Å². The summed E-state index contributed by atoms with van der Waals surface area (Å²) in [5.41, 5.74) is -0.0465. The first-order valence-electron chi connectivity index (χ1n) is 5.26. The maximum Gasteiger partial charge on any atom is 0.417 e. The lowest BCUT2D eigenvalue weighted by Crippen LogP contribution is -2.21. The van der Waals surface area contributed by atoms with Gasteiger partial charge in [-0.3, -0.25) is 4.98 Å². The molecular formula is C11H13F3N2. The predicted molar refractivity (Wildman–Crippen MR) is 53.8 cm³/mol. The minimum absolute atomic E-state index is 0.00906. The lowest BCUT2D eigenvalue weighted by atomic mass is 10.2. The summed E-state index contributed by atoms with van der Waals surface area (Å²) in [6, 6.07) is 3.03.